The van der Waals surface area contributed by atoms with Crippen LogP contribution < -0.4 is 10.6 Å². The quantitative estimate of drug-likeness (QED) is 0.807. The third-order valence-corrected chi connectivity index (χ3v) is 2.82. The summed E-state index contributed by atoms with van der Waals surface area (Å²) in [5.41, 5.74) is 9.29. The molecule has 0 aromatic heterocycles. The molecule has 1 aromatic carbocycles. The molecule has 0 radical (unpaired) electrons. The van der Waals surface area contributed by atoms with Gasteiger partial charge in [-0.05, 0) is 32.4 Å². The number of anilines is 1. The van der Waals surface area contributed by atoms with Gasteiger partial charge in [-0.15, -0.1) is 0 Å². The summed E-state index contributed by atoms with van der Waals surface area (Å²) in [6, 6.07) is 5.59. The summed E-state index contributed by atoms with van der Waals surface area (Å²) in [5, 5.41) is 0. The number of benzene rings is 1. The van der Waals surface area contributed by atoms with Gasteiger partial charge in [0, 0.05) is 19.3 Å². The van der Waals surface area contributed by atoms with Crippen molar-refractivity contribution in [2.24, 2.45) is 5.73 Å². The lowest BCUT2D eigenvalue weighted by Gasteiger charge is -2.24. The smallest absolute Gasteiger partial charge is 0.324 e. The molecule has 1 unspecified atom stereocenters. The highest BCUT2D eigenvalue weighted by Gasteiger charge is 2.17. The van der Waals surface area contributed by atoms with Gasteiger partial charge in [-0.25, -0.2) is 0 Å². The van der Waals surface area contributed by atoms with Crippen LogP contribution >= 0.6 is 0 Å². The second kappa shape index (κ2) is 6.40. The van der Waals surface area contributed by atoms with Crippen molar-refractivity contribution < 1.29 is 9.53 Å². The normalized spacial score (nSPS) is 12.1. The highest BCUT2D eigenvalue weighted by Crippen LogP contribution is 2.19. The van der Waals surface area contributed by atoms with E-state index in [1.54, 1.807) is 6.92 Å². The van der Waals surface area contributed by atoms with Crippen molar-refractivity contribution in [1.29, 1.82) is 0 Å². The molecule has 0 aliphatic carbocycles. The van der Waals surface area contributed by atoms with Crippen LogP contribution in [0.5, 0.6) is 0 Å². The maximum atomic E-state index is 11.5. The summed E-state index contributed by atoms with van der Waals surface area (Å²) in [5.74, 6) is -0.353. The number of hydrogen-bond donors (Lipinski definition) is 1. The van der Waals surface area contributed by atoms with Gasteiger partial charge in [0.2, 0.25) is 0 Å². The molecule has 0 aliphatic heterocycles. The molecule has 0 saturated carbocycles. The number of rotatable bonds is 5. The third kappa shape index (κ3) is 3.74. The minimum Gasteiger partial charge on any atom is -0.465 e. The van der Waals surface area contributed by atoms with Crippen LogP contribution in [-0.4, -0.2) is 32.2 Å². The highest BCUT2D eigenvalue weighted by atomic mass is 16.5. The first-order valence-corrected chi connectivity index (χ1v) is 6.16. The molecule has 0 amide bonds. The number of carbonyl (C=O) groups is 1. The number of likely N-dealkylation sites (N-methyl/N-ethyl adjacent to an activating group) is 1. The first-order valence-electron chi connectivity index (χ1n) is 6.16. The molecule has 0 fully saturated rings. The monoisotopic (exact) mass is 250 g/mol. The van der Waals surface area contributed by atoms with E-state index in [0.29, 0.717) is 13.2 Å². The molecule has 0 heterocycles. The Kier molecular flexibility index (Phi) is 5.16. The van der Waals surface area contributed by atoms with Crippen molar-refractivity contribution in [3.05, 3.63) is 29.3 Å². The highest BCUT2D eigenvalue weighted by molar-refractivity contribution is 5.76. The predicted molar refractivity (Wildman–Crippen MR) is 73.8 cm³/mol. The Hall–Kier alpha value is -1.55. The zero-order valence-corrected chi connectivity index (χ0v) is 11.6. The van der Waals surface area contributed by atoms with E-state index in [9.17, 15) is 4.79 Å². The van der Waals surface area contributed by atoms with E-state index in [4.69, 9.17) is 10.5 Å². The number of esters is 1. The first-order chi connectivity index (χ1) is 8.45. The van der Waals surface area contributed by atoms with Crippen LogP contribution in [0.2, 0.25) is 0 Å². The van der Waals surface area contributed by atoms with Gasteiger partial charge in [-0.2, -0.15) is 0 Å². The van der Waals surface area contributed by atoms with Crippen LogP contribution in [0.1, 0.15) is 18.1 Å². The van der Waals surface area contributed by atoms with Crippen molar-refractivity contribution in [2.75, 3.05) is 25.1 Å². The Labute approximate surface area is 109 Å². The molecule has 1 atom stereocenters. The maximum Gasteiger partial charge on any atom is 0.324 e. The lowest BCUT2D eigenvalue weighted by atomic mass is 10.1. The number of nitrogens with two attached hydrogens (primary N) is 1. The Morgan fingerprint density at radius 1 is 1.44 bits per heavy atom. The molecule has 1 aromatic rings. The fourth-order valence-electron chi connectivity index (χ4n) is 1.95. The van der Waals surface area contributed by atoms with Gasteiger partial charge >= 0.3 is 5.97 Å². The maximum absolute atomic E-state index is 11.5. The van der Waals surface area contributed by atoms with E-state index in [-0.39, 0.29) is 5.97 Å². The largest absolute Gasteiger partial charge is 0.465 e. The molecule has 100 valence electrons. The van der Waals surface area contributed by atoms with Gasteiger partial charge in [0.15, 0.2) is 0 Å². The summed E-state index contributed by atoms with van der Waals surface area (Å²) in [6.07, 6.45) is 0. The SMILES string of the molecule is CCOC(=O)C(N)CN(C)c1ccc(C)cc1C. The van der Waals surface area contributed by atoms with Crippen LogP contribution in [0.3, 0.4) is 0 Å². The average molecular weight is 250 g/mol. The van der Waals surface area contributed by atoms with Crippen LogP contribution in [0.25, 0.3) is 0 Å². The van der Waals surface area contributed by atoms with Crippen LogP contribution in [0.4, 0.5) is 5.69 Å². The number of hydrogen-bond acceptors (Lipinski definition) is 4. The predicted octanol–water partition coefficient (Wildman–Crippen LogP) is 1.63. The summed E-state index contributed by atoms with van der Waals surface area (Å²) in [7, 11) is 1.93. The summed E-state index contributed by atoms with van der Waals surface area (Å²) in [6.45, 7) is 6.69. The van der Waals surface area contributed by atoms with Crippen molar-refractivity contribution in [3.63, 3.8) is 0 Å². The third-order valence-electron chi connectivity index (χ3n) is 2.82. The standard InChI is InChI=1S/C14H22N2O2/c1-5-18-14(17)12(15)9-16(4)13-7-6-10(2)8-11(13)3/h6-8,12H,5,9,15H2,1-4H3. The van der Waals surface area contributed by atoms with E-state index < -0.39 is 6.04 Å². The number of nitrogens with zero attached hydrogens (tertiary/aromatic N) is 1. The Bertz CT molecular complexity index is 418. The minimum atomic E-state index is -0.615. The molecule has 1 rings (SSSR count). The average Bonchev–Trinajstić information content (AvgIpc) is 2.28. The molecule has 4 heteroatoms. The Balaban J connectivity index is 2.70. The van der Waals surface area contributed by atoms with Crippen molar-refractivity contribution in [3.8, 4) is 0 Å². The Morgan fingerprint density at radius 2 is 2.11 bits per heavy atom. The molecular formula is C14H22N2O2. The zero-order chi connectivity index (χ0) is 13.7. The molecule has 0 bridgehead atoms. The molecule has 0 saturated heterocycles. The fourth-order valence-corrected chi connectivity index (χ4v) is 1.95. The molecule has 2 N–H and O–H groups in total. The van der Waals surface area contributed by atoms with Crippen LogP contribution in [0.15, 0.2) is 18.2 Å². The van der Waals surface area contributed by atoms with Gasteiger partial charge < -0.3 is 15.4 Å². The molecular weight excluding hydrogens is 228 g/mol. The van der Waals surface area contributed by atoms with E-state index >= 15 is 0 Å². The lowest BCUT2D eigenvalue weighted by molar-refractivity contribution is -0.144. The topological polar surface area (TPSA) is 55.6 Å². The van der Waals surface area contributed by atoms with Crippen LogP contribution in [0, 0.1) is 13.8 Å². The number of aryl methyl sites for hydroxylation is 2. The van der Waals surface area contributed by atoms with Crippen molar-refractivity contribution in [1.82, 2.24) is 0 Å². The summed E-state index contributed by atoms with van der Waals surface area (Å²) in [4.78, 5) is 13.5. The van der Waals surface area contributed by atoms with E-state index in [2.05, 4.69) is 26.0 Å². The van der Waals surface area contributed by atoms with Gasteiger partial charge in [0.25, 0.3) is 0 Å². The van der Waals surface area contributed by atoms with Crippen LogP contribution in [-0.2, 0) is 9.53 Å². The number of ether oxygens (including phenoxy) is 1. The molecule has 4 nitrogen and oxygen atoms in total. The lowest BCUT2D eigenvalue weighted by Crippen LogP contribution is -2.42. The van der Waals surface area contributed by atoms with Crippen molar-refractivity contribution in [2.45, 2.75) is 26.8 Å². The van der Waals surface area contributed by atoms with Gasteiger partial charge in [-0.1, -0.05) is 17.7 Å². The molecule has 0 spiro atoms. The zero-order valence-electron chi connectivity index (χ0n) is 11.6. The van der Waals surface area contributed by atoms with E-state index in [1.165, 1.54) is 11.1 Å². The Morgan fingerprint density at radius 3 is 2.67 bits per heavy atom. The summed E-state index contributed by atoms with van der Waals surface area (Å²) < 4.78 is 4.90. The van der Waals surface area contributed by atoms with Gasteiger partial charge in [0.1, 0.15) is 6.04 Å². The van der Waals surface area contributed by atoms with Gasteiger partial charge in [-0.3, -0.25) is 4.79 Å². The fraction of sp³-hybridized carbons (Fsp3) is 0.500. The van der Waals surface area contributed by atoms with Gasteiger partial charge in [0.05, 0.1) is 6.61 Å². The van der Waals surface area contributed by atoms with Crippen molar-refractivity contribution >= 4 is 11.7 Å². The molecule has 0 aliphatic rings. The van der Waals surface area contributed by atoms with E-state index in [1.807, 2.05) is 18.0 Å². The minimum absolute atomic E-state index is 0.353. The summed E-state index contributed by atoms with van der Waals surface area (Å²) >= 11 is 0. The number of carbonyl (C=O) groups excluding carboxylic acids is 1. The molecule has 18 heavy (non-hydrogen) atoms. The van der Waals surface area contributed by atoms with E-state index in [0.717, 1.165) is 5.69 Å². The first kappa shape index (κ1) is 14.5. The second-order valence-electron chi connectivity index (χ2n) is 4.53. The second-order valence-corrected chi connectivity index (χ2v) is 4.53.